The highest BCUT2D eigenvalue weighted by Gasteiger charge is 2.33. The van der Waals surface area contributed by atoms with Crippen molar-refractivity contribution in [2.75, 3.05) is 0 Å². The summed E-state index contributed by atoms with van der Waals surface area (Å²) >= 11 is 9.68. The lowest BCUT2D eigenvalue weighted by Crippen LogP contribution is -2.37. The van der Waals surface area contributed by atoms with Crippen LogP contribution in [0.15, 0.2) is 22.7 Å². The standard InChI is InChI=1S/C14H19BrClN/c1-14(2)7-3-4-13(14)17-9-10-8-11(15)5-6-12(10)16/h5-6,8,13,17H,3-4,7,9H2,1-2H3. The van der Waals surface area contributed by atoms with E-state index in [9.17, 15) is 0 Å². The van der Waals surface area contributed by atoms with E-state index in [0.717, 1.165) is 16.0 Å². The van der Waals surface area contributed by atoms with Crippen molar-refractivity contribution >= 4 is 27.5 Å². The van der Waals surface area contributed by atoms with Crippen LogP contribution in [0.5, 0.6) is 0 Å². The third-order valence-corrected chi connectivity index (χ3v) is 4.67. The summed E-state index contributed by atoms with van der Waals surface area (Å²) in [6.45, 7) is 5.55. The van der Waals surface area contributed by atoms with Gasteiger partial charge >= 0.3 is 0 Å². The lowest BCUT2D eigenvalue weighted by atomic mass is 9.87. The molecule has 0 saturated heterocycles. The third kappa shape index (κ3) is 3.24. The molecule has 0 radical (unpaired) electrons. The average Bonchev–Trinajstić information content (AvgIpc) is 2.59. The lowest BCUT2D eigenvalue weighted by Gasteiger charge is -2.28. The maximum absolute atomic E-state index is 6.19. The first kappa shape index (κ1) is 13.4. The van der Waals surface area contributed by atoms with Crippen molar-refractivity contribution in [2.24, 2.45) is 5.41 Å². The Balaban J connectivity index is 2.00. The number of benzene rings is 1. The second-order valence-electron chi connectivity index (χ2n) is 5.55. The van der Waals surface area contributed by atoms with Gasteiger partial charge in [0.15, 0.2) is 0 Å². The van der Waals surface area contributed by atoms with E-state index in [2.05, 4.69) is 41.2 Å². The normalized spacial score (nSPS) is 22.9. The van der Waals surface area contributed by atoms with Gasteiger partial charge in [-0.2, -0.15) is 0 Å². The third-order valence-electron chi connectivity index (χ3n) is 3.80. The molecule has 0 aromatic heterocycles. The first-order chi connectivity index (χ1) is 7.99. The smallest absolute Gasteiger partial charge is 0.0451 e. The number of hydrogen-bond acceptors (Lipinski definition) is 1. The molecule has 0 spiro atoms. The van der Waals surface area contributed by atoms with Crippen molar-refractivity contribution < 1.29 is 0 Å². The second kappa shape index (κ2) is 5.29. The fourth-order valence-electron chi connectivity index (χ4n) is 2.62. The largest absolute Gasteiger partial charge is 0.309 e. The molecule has 2 rings (SSSR count). The van der Waals surface area contributed by atoms with Crippen LogP contribution in [0.1, 0.15) is 38.7 Å². The van der Waals surface area contributed by atoms with Gasteiger partial charge in [0.05, 0.1) is 0 Å². The second-order valence-corrected chi connectivity index (χ2v) is 6.87. The van der Waals surface area contributed by atoms with E-state index in [1.807, 2.05) is 12.1 Å². The first-order valence-electron chi connectivity index (χ1n) is 6.16. The molecule has 1 atom stereocenters. The SMILES string of the molecule is CC1(C)CCCC1NCc1cc(Br)ccc1Cl. The van der Waals surface area contributed by atoms with Crippen LogP contribution in [0.2, 0.25) is 5.02 Å². The Morgan fingerprint density at radius 1 is 1.47 bits per heavy atom. The zero-order valence-corrected chi connectivity index (χ0v) is 12.7. The minimum absolute atomic E-state index is 0.415. The Morgan fingerprint density at radius 3 is 2.88 bits per heavy atom. The summed E-state index contributed by atoms with van der Waals surface area (Å²) in [5.74, 6) is 0. The topological polar surface area (TPSA) is 12.0 Å². The van der Waals surface area contributed by atoms with Gasteiger partial charge in [-0.25, -0.2) is 0 Å². The van der Waals surface area contributed by atoms with E-state index in [-0.39, 0.29) is 0 Å². The van der Waals surface area contributed by atoms with Gasteiger partial charge in [-0.15, -0.1) is 0 Å². The van der Waals surface area contributed by atoms with Gasteiger partial charge in [-0.3, -0.25) is 0 Å². The van der Waals surface area contributed by atoms with Crippen molar-refractivity contribution in [2.45, 2.75) is 45.7 Å². The van der Waals surface area contributed by atoms with Gasteiger partial charge < -0.3 is 5.32 Å². The number of nitrogens with one attached hydrogen (secondary N) is 1. The van der Waals surface area contributed by atoms with Gasteiger partial charge in [-0.1, -0.05) is 47.8 Å². The molecule has 1 saturated carbocycles. The lowest BCUT2D eigenvalue weighted by molar-refractivity contribution is 0.282. The number of halogens is 2. The fourth-order valence-corrected chi connectivity index (χ4v) is 3.21. The Bertz CT molecular complexity index is 403. The quantitative estimate of drug-likeness (QED) is 0.847. The molecule has 0 aliphatic heterocycles. The molecule has 17 heavy (non-hydrogen) atoms. The van der Waals surface area contributed by atoms with E-state index in [4.69, 9.17) is 11.6 Å². The van der Waals surface area contributed by atoms with Crippen LogP contribution in [0.3, 0.4) is 0 Å². The van der Waals surface area contributed by atoms with Gasteiger partial charge in [0, 0.05) is 22.1 Å². The Hall–Kier alpha value is -0.0500. The van der Waals surface area contributed by atoms with Gasteiger partial charge in [-0.05, 0) is 42.0 Å². The first-order valence-corrected chi connectivity index (χ1v) is 7.33. The highest BCUT2D eigenvalue weighted by atomic mass is 79.9. The molecular weight excluding hydrogens is 298 g/mol. The molecule has 1 aromatic rings. The molecule has 1 fully saturated rings. The zero-order chi connectivity index (χ0) is 12.5. The molecular formula is C14H19BrClN. The molecule has 1 aliphatic carbocycles. The van der Waals surface area contributed by atoms with Crippen molar-refractivity contribution in [3.8, 4) is 0 Å². The van der Waals surface area contributed by atoms with Crippen LogP contribution < -0.4 is 5.32 Å². The molecule has 0 amide bonds. The van der Waals surface area contributed by atoms with Gasteiger partial charge in [0.1, 0.15) is 0 Å². The maximum Gasteiger partial charge on any atom is 0.0451 e. The molecule has 94 valence electrons. The van der Waals surface area contributed by atoms with Gasteiger partial charge in [0.2, 0.25) is 0 Å². The molecule has 1 nitrogen and oxygen atoms in total. The molecule has 0 heterocycles. The molecule has 3 heteroatoms. The molecule has 1 unspecified atom stereocenters. The summed E-state index contributed by atoms with van der Waals surface area (Å²) in [5.41, 5.74) is 1.59. The van der Waals surface area contributed by atoms with E-state index in [1.165, 1.54) is 24.8 Å². The summed E-state index contributed by atoms with van der Waals surface area (Å²) in [5, 5.41) is 4.49. The molecule has 1 N–H and O–H groups in total. The number of rotatable bonds is 3. The minimum Gasteiger partial charge on any atom is -0.309 e. The fraction of sp³-hybridized carbons (Fsp3) is 0.571. The van der Waals surface area contributed by atoms with E-state index in [1.54, 1.807) is 0 Å². The predicted octanol–water partition coefficient (Wildman–Crippen LogP) is 4.77. The van der Waals surface area contributed by atoms with E-state index >= 15 is 0 Å². The average molecular weight is 317 g/mol. The summed E-state index contributed by atoms with van der Waals surface area (Å²) in [7, 11) is 0. The van der Waals surface area contributed by atoms with Crippen LogP contribution >= 0.6 is 27.5 Å². The predicted molar refractivity (Wildman–Crippen MR) is 77.4 cm³/mol. The zero-order valence-electron chi connectivity index (χ0n) is 10.4. The Kier molecular flexibility index (Phi) is 4.17. The van der Waals surface area contributed by atoms with Crippen molar-refractivity contribution in [1.29, 1.82) is 0 Å². The Labute approximate surface area is 117 Å². The highest BCUT2D eigenvalue weighted by Crippen LogP contribution is 2.37. The van der Waals surface area contributed by atoms with Crippen LogP contribution in [0.4, 0.5) is 0 Å². The molecule has 1 aromatic carbocycles. The van der Waals surface area contributed by atoms with Crippen LogP contribution in [-0.4, -0.2) is 6.04 Å². The summed E-state index contributed by atoms with van der Waals surface area (Å²) in [6, 6.07) is 6.63. The van der Waals surface area contributed by atoms with Crippen LogP contribution in [0.25, 0.3) is 0 Å². The molecule has 0 bridgehead atoms. The summed E-state index contributed by atoms with van der Waals surface area (Å²) in [4.78, 5) is 0. The maximum atomic E-state index is 6.19. The van der Waals surface area contributed by atoms with Crippen molar-refractivity contribution in [1.82, 2.24) is 5.32 Å². The monoisotopic (exact) mass is 315 g/mol. The van der Waals surface area contributed by atoms with E-state index < -0.39 is 0 Å². The van der Waals surface area contributed by atoms with Gasteiger partial charge in [0.25, 0.3) is 0 Å². The summed E-state index contributed by atoms with van der Waals surface area (Å²) in [6.07, 6.45) is 3.92. The minimum atomic E-state index is 0.415. The van der Waals surface area contributed by atoms with Crippen LogP contribution in [0, 0.1) is 5.41 Å². The van der Waals surface area contributed by atoms with E-state index in [0.29, 0.717) is 11.5 Å². The van der Waals surface area contributed by atoms with Crippen LogP contribution in [-0.2, 0) is 6.54 Å². The number of hydrogen-bond donors (Lipinski definition) is 1. The van der Waals surface area contributed by atoms with Crippen molar-refractivity contribution in [3.05, 3.63) is 33.3 Å². The highest BCUT2D eigenvalue weighted by molar-refractivity contribution is 9.10. The Morgan fingerprint density at radius 2 is 2.24 bits per heavy atom. The molecule has 1 aliphatic rings. The van der Waals surface area contributed by atoms with Crippen molar-refractivity contribution in [3.63, 3.8) is 0 Å². The summed E-state index contributed by atoms with van der Waals surface area (Å²) < 4.78 is 1.09.